The van der Waals surface area contributed by atoms with Crippen LogP contribution >= 0.6 is 0 Å². The molecule has 8 heteroatoms. The van der Waals surface area contributed by atoms with Gasteiger partial charge < -0.3 is 25.2 Å². The SMILES string of the molecule is CC(C)C(C)CC(=O)N1CCOC(C)(CNC(=O)CNC(=O)N2CCCC2)C1. The second-order valence-electron chi connectivity index (χ2n) is 8.67. The van der Waals surface area contributed by atoms with Crippen LogP contribution in [0.15, 0.2) is 0 Å². The van der Waals surface area contributed by atoms with Gasteiger partial charge in [-0.1, -0.05) is 20.8 Å². The van der Waals surface area contributed by atoms with Crippen molar-refractivity contribution >= 4 is 17.8 Å². The van der Waals surface area contributed by atoms with Gasteiger partial charge in [-0.3, -0.25) is 9.59 Å². The van der Waals surface area contributed by atoms with Crippen LogP contribution in [0.2, 0.25) is 0 Å². The molecule has 28 heavy (non-hydrogen) atoms. The number of amides is 4. The van der Waals surface area contributed by atoms with Gasteiger partial charge in [0.15, 0.2) is 0 Å². The topological polar surface area (TPSA) is 91.0 Å². The number of urea groups is 1. The van der Waals surface area contributed by atoms with Crippen molar-refractivity contribution in [2.24, 2.45) is 11.8 Å². The van der Waals surface area contributed by atoms with Crippen molar-refractivity contribution in [3.8, 4) is 0 Å². The highest BCUT2D eigenvalue weighted by atomic mass is 16.5. The van der Waals surface area contributed by atoms with Gasteiger partial charge in [-0.2, -0.15) is 0 Å². The molecule has 2 fully saturated rings. The quantitative estimate of drug-likeness (QED) is 0.677. The fourth-order valence-corrected chi connectivity index (χ4v) is 3.43. The van der Waals surface area contributed by atoms with Crippen LogP contribution in [-0.2, 0) is 14.3 Å². The first-order chi connectivity index (χ1) is 13.2. The molecule has 0 radical (unpaired) electrons. The molecular formula is C20H36N4O4. The van der Waals surface area contributed by atoms with E-state index in [1.165, 1.54) is 0 Å². The van der Waals surface area contributed by atoms with E-state index in [1.807, 2.05) is 11.8 Å². The zero-order valence-corrected chi connectivity index (χ0v) is 17.8. The molecule has 2 rings (SSSR count). The third-order valence-corrected chi connectivity index (χ3v) is 5.78. The van der Waals surface area contributed by atoms with Crippen molar-refractivity contribution in [1.82, 2.24) is 20.4 Å². The average molecular weight is 397 g/mol. The third kappa shape index (κ3) is 6.65. The van der Waals surface area contributed by atoms with E-state index in [0.717, 1.165) is 25.9 Å². The lowest BCUT2D eigenvalue weighted by Gasteiger charge is -2.41. The Morgan fingerprint density at radius 3 is 2.36 bits per heavy atom. The van der Waals surface area contributed by atoms with E-state index >= 15 is 0 Å². The van der Waals surface area contributed by atoms with E-state index in [4.69, 9.17) is 4.74 Å². The summed E-state index contributed by atoms with van der Waals surface area (Å²) >= 11 is 0. The van der Waals surface area contributed by atoms with Crippen LogP contribution in [-0.4, -0.2) is 79.1 Å². The van der Waals surface area contributed by atoms with Crippen molar-refractivity contribution in [3.05, 3.63) is 0 Å². The van der Waals surface area contributed by atoms with Crippen LogP contribution in [0.25, 0.3) is 0 Å². The number of morpholine rings is 1. The normalized spacial score (nSPS) is 23.6. The van der Waals surface area contributed by atoms with E-state index in [2.05, 4.69) is 31.4 Å². The second-order valence-corrected chi connectivity index (χ2v) is 8.67. The van der Waals surface area contributed by atoms with Crippen molar-refractivity contribution < 1.29 is 19.1 Å². The number of nitrogens with one attached hydrogen (secondary N) is 2. The molecule has 0 aromatic rings. The summed E-state index contributed by atoms with van der Waals surface area (Å²) in [5.74, 6) is 0.682. The van der Waals surface area contributed by atoms with E-state index < -0.39 is 5.60 Å². The molecule has 2 unspecified atom stereocenters. The highest BCUT2D eigenvalue weighted by Gasteiger charge is 2.35. The van der Waals surface area contributed by atoms with Gasteiger partial charge in [-0.05, 0) is 31.6 Å². The zero-order valence-electron chi connectivity index (χ0n) is 17.8. The summed E-state index contributed by atoms with van der Waals surface area (Å²) in [7, 11) is 0. The minimum absolute atomic E-state index is 0.0556. The molecule has 4 amide bonds. The average Bonchev–Trinajstić information content (AvgIpc) is 3.19. The van der Waals surface area contributed by atoms with E-state index in [1.54, 1.807) is 4.90 Å². The summed E-state index contributed by atoms with van der Waals surface area (Å²) in [6.07, 6.45) is 2.56. The standard InChI is InChI=1S/C20H36N4O4/c1-15(2)16(3)11-18(26)24-9-10-28-20(4,14-24)13-22-17(25)12-21-19(27)23-7-5-6-8-23/h15-16H,5-14H2,1-4H3,(H,21,27)(H,22,25). The first-order valence-corrected chi connectivity index (χ1v) is 10.4. The van der Waals surface area contributed by atoms with E-state index in [0.29, 0.717) is 44.5 Å². The molecule has 2 N–H and O–H groups in total. The summed E-state index contributed by atoms with van der Waals surface area (Å²) in [5.41, 5.74) is -0.621. The highest BCUT2D eigenvalue weighted by Crippen LogP contribution is 2.21. The molecule has 2 aliphatic heterocycles. The summed E-state index contributed by atoms with van der Waals surface area (Å²) in [5, 5.41) is 5.48. The van der Waals surface area contributed by atoms with Gasteiger partial charge in [0.2, 0.25) is 11.8 Å². The molecular weight excluding hydrogens is 360 g/mol. The second kappa shape index (κ2) is 10.1. The zero-order chi connectivity index (χ0) is 20.7. The number of rotatable bonds is 7. The van der Waals surface area contributed by atoms with Gasteiger partial charge in [0.05, 0.1) is 19.7 Å². The highest BCUT2D eigenvalue weighted by molar-refractivity contribution is 5.84. The Kier molecular flexibility index (Phi) is 8.10. The monoisotopic (exact) mass is 396 g/mol. The minimum atomic E-state index is -0.621. The Hall–Kier alpha value is -1.83. The molecule has 160 valence electrons. The number of carbonyl (C=O) groups excluding carboxylic acids is 3. The van der Waals surface area contributed by atoms with Crippen molar-refractivity contribution in [2.75, 3.05) is 45.9 Å². The smallest absolute Gasteiger partial charge is 0.317 e. The molecule has 0 aromatic heterocycles. The van der Waals surface area contributed by atoms with Gasteiger partial charge in [0.25, 0.3) is 0 Å². The van der Waals surface area contributed by atoms with Crippen molar-refractivity contribution in [3.63, 3.8) is 0 Å². The maximum atomic E-state index is 12.6. The number of carbonyl (C=O) groups is 3. The van der Waals surface area contributed by atoms with Crippen LogP contribution in [0.3, 0.4) is 0 Å². The Labute approximate surface area is 168 Å². The number of ether oxygens (including phenoxy) is 1. The maximum absolute atomic E-state index is 12.6. The van der Waals surface area contributed by atoms with Gasteiger partial charge >= 0.3 is 6.03 Å². The number of hydrogen-bond donors (Lipinski definition) is 2. The number of likely N-dealkylation sites (tertiary alicyclic amines) is 1. The molecule has 0 spiro atoms. The van der Waals surface area contributed by atoms with E-state index in [9.17, 15) is 14.4 Å². The molecule has 8 nitrogen and oxygen atoms in total. The molecule has 0 aliphatic carbocycles. The summed E-state index contributed by atoms with van der Waals surface area (Å²) in [6, 6.07) is -0.191. The van der Waals surface area contributed by atoms with Crippen molar-refractivity contribution in [1.29, 1.82) is 0 Å². The molecule has 2 aliphatic rings. The van der Waals surface area contributed by atoms with Gasteiger partial charge in [0.1, 0.15) is 5.60 Å². The Bertz CT molecular complexity index is 562. The maximum Gasteiger partial charge on any atom is 0.317 e. The fourth-order valence-electron chi connectivity index (χ4n) is 3.43. The molecule has 0 bridgehead atoms. The predicted octanol–water partition coefficient (Wildman–Crippen LogP) is 1.21. The molecule has 0 saturated carbocycles. The molecule has 2 heterocycles. The largest absolute Gasteiger partial charge is 0.370 e. The van der Waals surface area contributed by atoms with Crippen LogP contribution in [0.5, 0.6) is 0 Å². The van der Waals surface area contributed by atoms with Gasteiger partial charge in [-0.15, -0.1) is 0 Å². The Morgan fingerprint density at radius 1 is 1.04 bits per heavy atom. The van der Waals surface area contributed by atoms with Gasteiger partial charge in [0, 0.05) is 32.6 Å². The summed E-state index contributed by atoms with van der Waals surface area (Å²) in [4.78, 5) is 40.2. The number of nitrogens with zero attached hydrogens (tertiary/aromatic N) is 2. The lowest BCUT2D eigenvalue weighted by Crippen LogP contribution is -2.57. The van der Waals surface area contributed by atoms with E-state index in [-0.39, 0.29) is 24.4 Å². The van der Waals surface area contributed by atoms with Crippen LogP contribution in [0.1, 0.15) is 47.0 Å². The van der Waals surface area contributed by atoms with Crippen LogP contribution < -0.4 is 10.6 Å². The third-order valence-electron chi connectivity index (χ3n) is 5.78. The lowest BCUT2D eigenvalue weighted by atomic mass is 9.93. The first kappa shape index (κ1) is 22.5. The van der Waals surface area contributed by atoms with Crippen molar-refractivity contribution in [2.45, 2.75) is 52.6 Å². The fraction of sp³-hybridized carbons (Fsp3) is 0.850. The Morgan fingerprint density at radius 2 is 1.71 bits per heavy atom. The first-order valence-electron chi connectivity index (χ1n) is 10.4. The molecule has 0 aromatic carbocycles. The van der Waals surface area contributed by atoms with Crippen LogP contribution in [0, 0.1) is 11.8 Å². The number of hydrogen-bond acceptors (Lipinski definition) is 4. The Balaban J connectivity index is 1.74. The molecule has 2 atom stereocenters. The van der Waals surface area contributed by atoms with Gasteiger partial charge in [-0.25, -0.2) is 4.79 Å². The minimum Gasteiger partial charge on any atom is -0.370 e. The summed E-state index contributed by atoms with van der Waals surface area (Å²) < 4.78 is 5.85. The summed E-state index contributed by atoms with van der Waals surface area (Å²) in [6.45, 7) is 11.5. The molecule has 2 saturated heterocycles. The van der Waals surface area contributed by atoms with Crippen LogP contribution in [0.4, 0.5) is 4.79 Å². The predicted molar refractivity (Wildman–Crippen MR) is 107 cm³/mol. The lowest BCUT2D eigenvalue weighted by molar-refractivity contribution is -0.149.